The maximum absolute atomic E-state index is 12.8. The number of aliphatic hydroxyl groups excluding tert-OH is 1. The zero-order chi connectivity index (χ0) is 21.0. The molecule has 6 nitrogen and oxygen atoms in total. The van der Waals surface area contributed by atoms with E-state index < -0.39 is 0 Å². The largest absolute Gasteiger partial charge is 0.496 e. The molecule has 2 heterocycles. The van der Waals surface area contributed by atoms with E-state index in [-0.39, 0.29) is 18.4 Å². The second kappa shape index (κ2) is 6.71. The van der Waals surface area contributed by atoms with Crippen LogP contribution in [0.3, 0.4) is 0 Å². The van der Waals surface area contributed by atoms with Crippen LogP contribution in [0, 0.1) is 0 Å². The van der Waals surface area contributed by atoms with Crippen LogP contribution in [0.25, 0.3) is 32.9 Å². The van der Waals surface area contributed by atoms with Gasteiger partial charge in [-0.05, 0) is 41.3 Å². The van der Waals surface area contributed by atoms with E-state index in [0.717, 1.165) is 38.5 Å². The molecule has 3 aromatic carbocycles. The molecule has 1 aromatic heterocycles. The smallest absolute Gasteiger partial charge is 0.259 e. The Morgan fingerprint density at radius 3 is 2.43 bits per heavy atom. The van der Waals surface area contributed by atoms with Crippen LogP contribution in [-0.2, 0) is 13.5 Å². The van der Waals surface area contributed by atoms with Crippen molar-refractivity contribution in [2.75, 3.05) is 13.7 Å². The predicted molar refractivity (Wildman–Crippen MR) is 115 cm³/mol. The third-order valence-corrected chi connectivity index (χ3v) is 5.84. The van der Waals surface area contributed by atoms with E-state index in [1.165, 1.54) is 0 Å². The molecule has 1 aliphatic rings. The second-order valence-electron chi connectivity index (χ2n) is 7.43. The molecular formula is C24H20N2O4. The Kier molecular flexibility index (Phi) is 4.11. The zero-order valence-corrected chi connectivity index (χ0v) is 16.7. The van der Waals surface area contributed by atoms with Gasteiger partial charge in [-0.15, -0.1) is 0 Å². The van der Waals surface area contributed by atoms with Crippen LogP contribution in [0.5, 0.6) is 5.75 Å². The van der Waals surface area contributed by atoms with Crippen molar-refractivity contribution in [3.63, 3.8) is 0 Å². The van der Waals surface area contributed by atoms with Crippen molar-refractivity contribution in [1.29, 1.82) is 0 Å². The number of nitrogens with one attached hydrogen (secondary N) is 1. The molecule has 6 heteroatoms. The molecule has 0 spiro atoms. The van der Waals surface area contributed by atoms with E-state index in [1.807, 2.05) is 60.1 Å². The molecule has 0 bridgehead atoms. The fourth-order valence-electron chi connectivity index (χ4n) is 4.47. The Hall–Kier alpha value is -3.64. The number of hydrogen-bond acceptors (Lipinski definition) is 4. The Labute approximate surface area is 172 Å². The maximum Gasteiger partial charge on any atom is 0.259 e. The number of aryl methyl sites for hydroxylation is 1. The van der Waals surface area contributed by atoms with Gasteiger partial charge < -0.3 is 14.4 Å². The van der Waals surface area contributed by atoms with Crippen LogP contribution in [0.15, 0.2) is 48.5 Å². The van der Waals surface area contributed by atoms with E-state index >= 15 is 0 Å². The number of amides is 2. The molecule has 0 saturated carbocycles. The third kappa shape index (κ3) is 2.47. The number of imide groups is 1. The summed E-state index contributed by atoms with van der Waals surface area (Å²) in [5, 5.41) is 13.5. The predicted octanol–water partition coefficient (Wildman–Crippen LogP) is 3.43. The van der Waals surface area contributed by atoms with E-state index in [1.54, 1.807) is 7.11 Å². The number of fused-ring (bicyclic) bond motifs is 5. The van der Waals surface area contributed by atoms with Crippen LogP contribution in [0.1, 0.15) is 26.3 Å². The Morgan fingerprint density at radius 1 is 1.00 bits per heavy atom. The van der Waals surface area contributed by atoms with Gasteiger partial charge in [-0.2, -0.15) is 0 Å². The SMILES string of the molecule is COc1cc2c3c4c(c(-c5ccccc5)cc3n(C)c2cc1CCO)C(=O)NC4=O. The number of rotatable bonds is 4. The van der Waals surface area contributed by atoms with Crippen molar-refractivity contribution < 1.29 is 19.4 Å². The van der Waals surface area contributed by atoms with Gasteiger partial charge >= 0.3 is 0 Å². The topological polar surface area (TPSA) is 80.6 Å². The lowest BCUT2D eigenvalue weighted by atomic mass is 9.92. The molecule has 2 amide bonds. The molecule has 1 aliphatic heterocycles. The molecule has 30 heavy (non-hydrogen) atoms. The van der Waals surface area contributed by atoms with Gasteiger partial charge in [0.1, 0.15) is 5.75 Å². The first-order valence-electron chi connectivity index (χ1n) is 9.73. The maximum atomic E-state index is 12.8. The minimum atomic E-state index is -0.385. The fraction of sp³-hybridized carbons (Fsp3) is 0.167. The average molecular weight is 400 g/mol. The van der Waals surface area contributed by atoms with Gasteiger partial charge in [-0.3, -0.25) is 14.9 Å². The van der Waals surface area contributed by atoms with Crippen molar-refractivity contribution in [1.82, 2.24) is 9.88 Å². The van der Waals surface area contributed by atoms with Gasteiger partial charge in [0.05, 0.1) is 23.8 Å². The summed E-state index contributed by atoms with van der Waals surface area (Å²) in [5.74, 6) is -0.116. The first-order valence-corrected chi connectivity index (χ1v) is 9.73. The van der Waals surface area contributed by atoms with E-state index in [4.69, 9.17) is 4.74 Å². The van der Waals surface area contributed by atoms with Gasteiger partial charge in [-0.25, -0.2) is 0 Å². The summed E-state index contributed by atoms with van der Waals surface area (Å²) in [7, 11) is 3.52. The molecule has 0 aliphatic carbocycles. The van der Waals surface area contributed by atoms with Gasteiger partial charge in [0.15, 0.2) is 0 Å². The second-order valence-corrected chi connectivity index (χ2v) is 7.43. The van der Waals surface area contributed by atoms with Crippen LogP contribution in [0.4, 0.5) is 0 Å². The Balaban J connectivity index is 1.95. The molecule has 4 aromatic rings. The number of aromatic nitrogens is 1. The standard InChI is InChI=1S/C24H20N2O4/c1-26-17-10-14(8-9-27)19(30-2)12-16(17)20-18(26)11-15(13-6-4-3-5-7-13)21-22(20)24(29)25-23(21)28/h3-7,10-12,27H,8-9H2,1-2H3,(H,25,28,29). The molecule has 2 N–H and O–H groups in total. The third-order valence-electron chi connectivity index (χ3n) is 5.84. The van der Waals surface area contributed by atoms with Crippen molar-refractivity contribution >= 4 is 33.6 Å². The Morgan fingerprint density at radius 2 is 1.73 bits per heavy atom. The number of nitrogens with zero attached hydrogens (tertiary/aromatic N) is 1. The quantitative estimate of drug-likeness (QED) is 0.515. The number of carbonyl (C=O) groups is 2. The normalized spacial score (nSPS) is 13.2. The van der Waals surface area contributed by atoms with Crippen molar-refractivity contribution in [3.8, 4) is 16.9 Å². The number of benzene rings is 3. The highest BCUT2D eigenvalue weighted by Crippen LogP contribution is 2.41. The van der Waals surface area contributed by atoms with Crippen molar-refractivity contribution in [2.24, 2.45) is 7.05 Å². The monoisotopic (exact) mass is 400 g/mol. The fourth-order valence-corrected chi connectivity index (χ4v) is 4.47. The van der Waals surface area contributed by atoms with E-state index in [0.29, 0.717) is 23.3 Å². The summed E-state index contributed by atoms with van der Waals surface area (Å²) < 4.78 is 7.56. The molecule has 0 fully saturated rings. The first kappa shape index (κ1) is 18.4. The summed E-state index contributed by atoms with van der Waals surface area (Å²) in [4.78, 5) is 25.6. The van der Waals surface area contributed by atoms with E-state index in [9.17, 15) is 14.7 Å². The summed E-state index contributed by atoms with van der Waals surface area (Å²) in [6.07, 6.45) is 0.465. The molecule has 5 rings (SSSR count). The van der Waals surface area contributed by atoms with Crippen LogP contribution < -0.4 is 10.1 Å². The molecule has 150 valence electrons. The first-order chi connectivity index (χ1) is 14.5. The zero-order valence-electron chi connectivity index (χ0n) is 16.7. The average Bonchev–Trinajstić information content (AvgIpc) is 3.21. The Bertz CT molecular complexity index is 1350. The van der Waals surface area contributed by atoms with Gasteiger partial charge in [0.2, 0.25) is 0 Å². The van der Waals surface area contributed by atoms with Crippen LogP contribution in [0.2, 0.25) is 0 Å². The lowest BCUT2D eigenvalue weighted by Crippen LogP contribution is -2.20. The van der Waals surface area contributed by atoms with Crippen LogP contribution in [-0.4, -0.2) is 35.2 Å². The van der Waals surface area contributed by atoms with Crippen molar-refractivity contribution in [2.45, 2.75) is 6.42 Å². The summed E-state index contributed by atoms with van der Waals surface area (Å²) in [5.41, 5.74) is 5.08. The summed E-state index contributed by atoms with van der Waals surface area (Å²) in [6, 6.07) is 15.4. The number of aliphatic hydroxyl groups is 1. The number of methoxy groups -OCH3 is 1. The van der Waals surface area contributed by atoms with Gasteiger partial charge in [-0.1, -0.05) is 30.3 Å². The summed E-state index contributed by atoms with van der Waals surface area (Å²) in [6.45, 7) is 0.0102. The minimum Gasteiger partial charge on any atom is -0.496 e. The summed E-state index contributed by atoms with van der Waals surface area (Å²) >= 11 is 0. The highest BCUT2D eigenvalue weighted by atomic mass is 16.5. The van der Waals surface area contributed by atoms with Gasteiger partial charge in [0.25, 0.3) is 11.8 Å². The highest BCUT2D eigenvalue weighted by molar-refractivity contribution is 6.32. The molecular weight excluding hydrogens is 380 g/mol. The number of hydrogen-bond donors (Lipinski definition) is 2. The van der Waals surface area contributed by atoms with E-state index in [2.05, 4.69) is 5.32 Å². The lowest BCUT2D eigenvalue weighted by molar-refractivity contribution is 0.0880. The molecule has 0 atom stereocenters. The lowest BCUT2D eigenvalue weighted by Gasteiger charge is -2.09. The van der Waals surface area contributed by atoms with Crippen LogP contribution >= 0.6 is 0 Å². The highest BCUT2D eigenvalue weighted by Gasteiger charge is 2.34. The van der Waals surface area contributed by atoms with Crippen molar-refractivity contribution in [3.05, 3.63) is 65.2 Å². The minimum absolute atomic E-state index is 0.0102. The number of carbonyl (C=O) groups excluding carboxylic acids is 2. The molecule has 0 radical (unpaired) electrons. The molecule has 0 saturated heterocycles. The molecule has 0 unspecified atom stereocenters. The number of ether oxygens (including phenoxy) is 1. The van der Waals surface area contributed by atoms with Gasteiger partial charge in [0, 0.05) is 29.9 Å².